The van der Waals surface area contributed by atoms with Crippen LogP contribution in [0.5, 0.6) is 0 Å². The highest BCUT2D eigenvalue weighted by Gasteiger charge is 2.42. The molecule has 1 aromatic carbocycles. The minimum Gasteiger partial charge on any atom is -0.293 e. The number of rotatable bonds is 0. The lowest BCUT2D eigenvalue weighted by atomic mass is 9.87. The van der Waals surface area contributed by atoms with Gasteiger partial charge in [0.05, 0.1) is 11.6 Å². The van der Waals surface area contributed by atoms with E-state index in [-0.39, 0.29) is 5.54 Å². The van der Waals surface area contributed by atoms with Gasteiger partial charge in [0.1, 0.15) is 0 Å². The summed E-state index contributed by atoms with van der Waals surface area (Å²) in [5.74, 6) is 0. The molecule has 1 aromatic heterocycles. The Bertz CT molecular complexity index is 625. The lowest BCUT2D eigenvalue weighted by Crippen LogP contribution is -2.34. The van der Waals surface area contributed by atoms with E-state index in [1.165, 1.54) is 21.6 Å². The van der Waals surface area contributed by atoms with E-state index in [1.807, 2.05) is 11.3 Å². The highest BCUT2D eigenvalue weighted by molar-refractivity contribution is 7.10. The van der Waals surface area contributed by atoms with E-state index in [1.54, 1.807) is 0 Å². The molecule has 84 valence electrons. The fourth-order valence-electron chi connectivity index (χ4n) is 3.09. The first-order valence-corrected chi connectivity index (χ1v) is 6.80. The van der Waals surface area contributed by atoms with Gasteiger partial charge < -0.3 is 0 Å². The second kappa shape index (κ2) is 3.09. The molecule has 1 nitrogen and oxygen atoms in total. The average Bonchev–Trinajstić information content (AvgIpc) is 2.88. The normalized spacial score (nSPS) is 28.6. The molecular formula is C15H13NS. The summed E-state index contributed by atoms with van der Waals surface area (Å²) in [5, 5.41) is 5.94. The first kappa shape index (κ1) is 9.63. The van der Waals surface area contributed by atoms with Crippen LogP contribution in [0.15, 0.2) is 41.8 Å². The van der Waals surface area contributed by atoms with Crippen molar-refractivity contribution in [2.24, 2.45) is 0 Å². The van der Waals surface area contributed by atoms with Crippen LogP contribution in [-0.4, -0.2) is 0 Å². The average molecular weight is 239 g/mol. The topological polar surface area (TPSA) is 12.0 Å². The van der Waals surface area contributed by atoms with Gasteiger partial charge in [-0.1, -0.05) is 36.4 Å². The monoisotopic (exact) mass is 239 g/mol. The molecule has 2 atom stereocenters. The van der Waals surface area contributed by atoms with E-state index < -0.39 is 0 Å². The van der Waals surface area contributed by atoms with Gasteiger partial charge in [-0.25, -0.2) is 0 Å². The molecule has 0 spiro atoms. The third kappa shape index (κ3) is 1.12. The van der Waals surface area contributed by atoms with Crippen LogP contribution < -0.4 is 5.32 Å². The van der Waals surface area contributed by atoms with Crippen molar-refractivity contribution >= 4 is 17.4 Å². The second-order valence-corrected chi connectivity index (χ2v) is 5.81. The molecule has 3 heterocycles. The van der Waals surface area contributed by atoms with Gasteiger partial charge in [0, 0.05) is 4.88 Å². The smallest absolute Gasteiger partial charge is 0.0772 e. The summed E-state index contributed by atoms with van der Waals surface area (Å²) in [6.07, 6.45) is 4.54. The Kier molecular flexibility index (Phi) is 1.75. The number of hydrogen-bond donors (Lipinski definition) is 1. The summed E-state index contributed by atoms with van der Waals surface area (Å²) in [6.45, 7) is 2.30. The molecule has 0 amide bonds. The van der Waals surface area contributed by atoms with Crippen molar-refractivity contribution in [3.63, 3.8) is 0 Å². The molecule has 2 aromatic rings. The zero-order chi connectivity index (χ0) is 11.5. The van der Waals surface area contributed by atoms with Crippen molar-refractivity contribution < 1.29 is 0 Å². The Hall–Kier alpha value is -1.38. The second-order valence-electron chi connectivity index (χ2n) is 4.90. The molecule has 2 heteroatoms. The summed E-state index contributed by atoms with van der Waals surface area (Å²) in [6, 6.07) is 11.3. The minimum absolute atomic E-state index is 0.0196. The number of thiophene rings is 1. The third-order valence-electron chi connectivity index (χ3n) is 3.90. The fourth-order valence-corrected chi connectivity index (χ4v) is 4.11. The SMILES string of the molecule is CC12NC(C=Cc3ccsc31)c1ccccc12. The van der Waals surface area contributed by atoms with Crippen LogP contribution in [0.25, 0.3) is 6.08 Å². The van der Waals surface area contributed by atoms with Gasteiger partial charge in [-0.15, -0.1) is 11.3 Å². The summed E-state index contributed by atoms with van der Waals surface area (Å²) in [7, 11) is 0. The Balaban J connectivity index is 2.08. The van der Waals surface area contributed by atoms with Crippen molar-refractivity contribution in [2.45, 2.75) is 18.5 Å². The van der Waals surface area contributed by atoms with Crippen molar-refractivity contribution in [1.29, 1.82) is 0 Å². The molecule has 2 aliphatic rings. The fraction of sp³-hybridized carbons (Fsp3) is 0.200. The first-order valence-electron chi connectivity index (χ1n) is 5.92. The van der Waals surface area contributed by atoms with E-state index in [0.29, 0.717) is 6.04 Å². The van der Waals surface area contributed by atoms with Crippen LogP contribution in [0.3, 0.4) is 0 Å². The van der Waals surface area contributed by atoms with E-state index in [9.17, 15) is 0 Å². The molecule has 4 rings (SSSR count). The Morgan fingerprint density at radius 2 is 2.12 bits per heavy atom. The minimum atomic E-state index is -0.0196. The molecule has 0 saturated carbocycles. The Morgan fingerprint density at radius 1 is 1.24 bits per heavy atom. The molecule has 2 bridgehead atoms. The standard InChI is InChI=1S/C15H13NS/c1-15-12-5-3-2-4-11(12)13(16-15)7-6-10-8-9-17-14(10)15/h2-9,13,16H,1H3. The molecule has 0 radical (unpaired) electrons. The highest BCUT2D eigenvalue weighted by atomic mass is 32.1. The van der Waals surface area contributed by atoms with Gasteiger partial charge in [0.25, 0.3) is 0 Å². The zero-order valence-electron chi connectivity index (χ0n) is 9.60. The van der Waals surface area contributed by atoms with Gasteiger partial charge in [0.2, 0.25) is 0 Å². The molecule has 1 N–H and O–H groups in total. The molecule has 2 unspecified atom stereocenters. The number of benzene rings is 1. The van der Waals surface area contributed by atoms with Crippen LogP contribution in [0.2, 0.25) is 0 Å². The third-order valence-corrected chi connectivity index (χ3v) is 5.05. The van der Waals surface area contributed by atoms with Crippen LogP contribution in [0.4, 0.5) is 0 Å². The summed E-state index contributed by atoms with van der Waals surface area (Å²) < 4.78 is 0. The summed E-state index contributed by atoms with van der Waals surface area (Å²) >= 11 is 1.85. The highest BCUT2D eigenvalue weighted by Crippen LogP contribution is 2.47. The van der Waals surface area contributed by atoms with Crippen LogP contribution in [0, 0.1) is 0 Å². The van der Waals surface area contributed by atoms with Crippen LogP contribution in [0.1, 0.15) is 34.5 Å². The molecule has 2 aliphatic heterocycles. The zero-order valence-corrected chi connectivity index (χ0v) is 10.4. The predicted octanol–water partition coefficient (Wildman–Crippen LogP) is 3.68. The molecule has 17 heavy (non-hydrogen) atoms. The lowest BCUT2D eigenvalue weighted by molar-refractivity contribution is 0.466. The van der Waals surface area contributed by atoms with E-state index in [4.69, 9.17) is 0 Å². The van der Waals surface area contributed by atoms with E-state index in [2.05, 4.69) is 60.1 Å². The molecular weight excluding hydrogens is 226 g/mol. The first-order chi connectivity index (χ1) is 8.29. The molecule has 0 fully saturated rings. The Morgan fingerprint density at radius 3 is 3.06 bits per heavy atom. The number of fused-ring (bicyclic) bond motifs is 7. The van der Waals surface area contributed by atoms with Crippen molar-refractivity contribution in [2.75, 3.05) is 0 Å². The maximum Gasteiger partial charge on any atom is 0.0772 e. The van der Waals surface area contributed by atoms with Gasteiger partial charge in [-0.05, 0) is 35.1 Å². The van der Waals surface area contributed by atoms with Crippen molar-refractivity contribution in [3.05, 3.63) is 63.4 Å². The predicted molar refractivity (Wildman–Crippen MR) is 72.1 cm³/mol. The summed E-state index contributed by atoms with van der Waals surface area (Å²) in [5.41, 5.74) is 4.19. The number of nitrogens with one attached hydrogen (secondary N) is 1. The maximum atomic E-state index is 3.76. The largest absolute Gasteiger partial charge is 0.293 e. The van der Waals surface area contributed by atoms with E-state index >= 15 is 0 Å². The number of hydrogen-bond acceptors (Lipinski definition) is 2. The maximum absolute atomic E-state index is 3.76. The molecule has 0 saturated heterocycles. The van der Waals surface area contributed by atoms with Gasteiger partial charge >= 0.3 is 0 Å². The van der Waals surface area contributed by atoms with E-state index in [0.717, 1.165) is 0 Å². The molecule has 0 aliphatic carbocycles. The van der Waals surface area contributed by atoms with Gasteiger partial charge in [0.15, 0.2) is 0 Å². The van der Waals surface area contributed by atoms with Crippen molar-refractivity contribution in [1.82, 2.24) is 5.32 Å². The van der Waals surface area contributed by atoms with Gasteiger partial charge in [-0.2, -0.15) is 0 Å². The van der Waals surface area contributed by atoms with Crippen molar-refractivity contribution in [3.8, 4) is 0 Å². The van der Waals surface area contributed by atoms with Crippen LogP contribution >= 0.6 is 11.3 Å². The van der Waals surface area contributed by atoms with Gasteiger partial charge in [-0.3, -0.25) is 5.32 Å². The quantitative estimate of drug-likeness (QED) is 0.739. The van der Waals surface area contributed by atoms with Crippen LogP contribution in [-0.2, 0) is 5.54 Å². The lowest BCUT2D eigenvalue weighted by Gasteiger charge is -2.25. The Labute approximate surface area is 105 Å². The summed E-state index contributed by atoms with van der Waals surface area (Å²) in [4.78, 5) is 1.43.